The molecule has 1 fully saturated rings. The number of nitrogens with one attached hydrogen (secondary N) is 2. The highest BCUT2D eigenvalue weighted by atomic mass is 127. The van der Waals surface area contributed by atoms with E-state index in [-0.39, 0.29) is 24.0 Å². The van der Waals surface area contributed by atoms with Crippen LogP contribution in [-0.2, 0) is 17.7 Å². The molecule has 2 heterocycles. The Morgan fingerprint density at radius 3 is 2.72 bits per heavy atom. The molecule has 0 amide bonds. The zero-order valence-electron chi connectivity index (χ0n) is 16.9. The van der Waals surface area contributed by atoms with Gasteiger partial charge in [-0.1, -0.05) is 12.1 Å². The zero-order valence-corrected chi connectivity index (χ0v) is 19.3. The smallest absolute Gasteiger partial charge is 0.191 e. The van der Waals surface area contributed by atoms with Gasteiger partial charge in [-0.05, 0) is 29.8 Å². The Hall–Kier alpha value is -1.78. The number of benzene rings is 1. The van der Waals surface area contributed by atoms with Gasteiger partial charge in [0.25, 0.3) is 0 Å². The van der Waals surface area contributed by atoms with Crippen LogP contribution in [0.2, 0.25) is 0 Å². The van der Waals surface area contributed by atoms with E-state index in [1.807, 2.05) is 30.3 Å². The van der Waals surface area contributed by atoms with Crippen molar-refractivity contribution in [2.24, 2.45) is 4.99 Å². The van der Waals surface area contributed by atoms with Gasteiger partial charge in [0.1, 0.15) is 11.5 Å². The Morgan fingerprint density at radius 1 is 1.14 bits per heavy atom. The summed E-state index contributed by atoms with van der Waals surface area (Å²) in [5, 5.41) is 6.84. The SMILES string of the molecule is COc1cccc(CN=C(NCCc2ccco2)NCCN2CCOCC2)c1.I. The molecule has 0 radical (unpaired) electrons. The number of nitrogens with zero attached hydrogens (tertiary/aromatic N) is 2. The summed E-state index contributed by atoms with van der Waals surface area (Å²) in [6.45, 7) is 6.77. The molecule has 0 spiro atoms. The predicted octanol–water partition coefficient (Wildman–Crippen LogP) is 2.52. The maximum atomic E-state index is 5.40. The van der Waals surface area contributed by atoms with Crippen molar-refractivity contribution < 1.29 is 13.9 Å². The Balaban J connectivity index is 0.00000300. The highest BCUT2D eigenvalue weighted by Crippen LogP contribution is 2.13. The largest absolute Gasteiger partial charge is 0.497 e. The summed E-state index contributed by atoms with van der Waals surface area (Å²) in [6.07, 6.45) is 2.52. The second-order valence-electron chi connectivity index (χ2n) is 6.65. The molecule has 1 aliphatic rings. The van der Waals surface area contributed by atoms with Crippen LogP contribution < -0.4 is 15.4 Å². The van der Waals surface area contributed by atoms with Crippen molar-refractivity contribution in [2.75, 3.05) is 53.0 Å². The first kappa shape index (κ1) is 23.5. The summed E-state index contributed by atoms with van der Waals surface area (Å²) < 4.78 is 16.1. The molecule has 1 saturated heterocycles. The van der Waals surface area contributed by atoms with E-state index in [1.165, 1.54) is 0 Å². The van der Waals surface area contributed by atoms with Gasteiger partial charge in [0, 0.05) is 39.1 Å². The number of halogens is 1. The van der Waals surface area contributed by atoms with Crippen LogP contribution in [0.1, 0.15) is 11.3 Å². The van der Waals surface area contributed by atoms with Gasteiger partial charge in [-0.15, -0.1) is 24.0 Å². The molecule has 0 saturated carbocycles. The van der Waals surface area contributed by atoms with Crippen molar-refractivity contribution in [3.8, 4) is 5.75 Å². The molecule has 1 aromatic heterocycles. The summed E-state index contributed by atoms with van der Waals surface area (Å²) in [5.41, 5.74) is 1.11. The third-order valence-corrected chi connectivity index (χ3v) is 4.62. The first-order chi connectivity index (χ1) is 13.8. The fourth-order valence-electron chi connectivity index (χ4n) is 3.03. The number of rotatable bonds is 9. The zero-order chi connectivity index (χ0) is 19.4. The van der Waals surface area contributed by atoms with Gasteiger partial charge in [-0.2, -0.15) is 0 Å². The molecule has 2 N–H and O–H groups in total. The van der Waals surface area contributed by atoms with Crippen molar-refractivity contribution in [1.82, 2.24) is 15.5 Å². The average molecular weight is 514 g/mol. The summed E-state index contributed by atoms with van der Waals surface area (Å²) in [5.74, 6) is 2.62. The average Bonchev–Trinajstić information content (AvgIpc) is 3.26. The number of guanidine groups is 1. The van der Waals surface area contributed by atoms with Crippen LogP contribution in [-0.4, -0.2) is 63.9 Å². The van der Waals surface area contributed by atoms with Crippen molar-refractivity contribution in [3.05, 3.63) is 54.0 Å². The molecular formula is C21H31IN4O3. The Bertz CT molecular complexity index is 718. The molecule has 0 atom stereocenters. The maximum Gasteiger partial charge on any atom is 0.191 e. The molecule has 3 rings (SSSR count). The lowest BCUT2D eigenvalue weighted by Gasteiger charge is -2.26. The third-order valence-electron chi connectivity index (χ3n) is 4.62. The van der Waals surface area contributed by atoms with E-state index in [0.29, 0.717) is 6.54 Å². The van der Waals surface area contributed by atoms with E-state index < -0.39 is 0 Å². The minimum atomic E-state index is 0. The number of furan rings is 1. The standard InChI is InChI=1S/C21H30N4O3.HI/c1-26-20-5-2-4-18(16-20)17-24-21(22-8-7-19-6-3-13-28-19)23-9-10-25-11-14-27-15-12-25;/h2-6,13,16H,7-12,14-15,17H2,1H3,(H2,22,23,24);1H. The van der Waals surface area contributed by atoms with Crippen LogP contribution in [0.15, 0.2) is 52.1 Å². The number of aliphatic imine (C=N–C) groups is 1. The van der Waals surface area contributed by atoms with E-state index in [9.17, 15) is 0 Å². The number of hydrogen-bond donors (Lipinski definition) is 2. The van der Waals surface area contributed by atoms with Gasteiger partial charge in [0.05, 0.1) is 33.1 Å². The van der Waals surface area contributed by atoms with Gasteiger partial charge < -0.3 is 24.5 Å². The number of hydrogen-bond acceptors (Lipinski definition) is 5. The molecule has 160 valence electrons. The Kier molecular flexibility index (Phi) is 10.9. The number of methoxy groups -OCH3 is 1. The first-order valence-corrected chi connectivity index (χ1v) is 9.81. The van der Waals surface area contributed by atoms with Gasteiger partial charge in [0.15, 0.2) is 5.96 Å². The molecule has 8 heteroatoms. The van der Waals surface area contributed by atoms with E-state index in [2.05, 4.69) is 21.6 Å². The Morgan fingerprint density at radius 2 is 1.97 bits per heavy atom. The number of ether oxygens (including phenoxy) is 2. The molecule has 0 aliphatic carbocycles. The topological polar surface area (TPSA) is 71.3 Å². The molecule has 29 heavy (non-hydrogen) atoms. The molecule has 1 aromatic carbocycles. The number of morpholine rings is 1. The quantitative estimate of drug-likeness (QED) is 0.305. The second kappa shape index (κ2) is 13.4. The van der Waals surface area contributed by atoms with Crippen LogP contribution >= 0.6 is 24.0 Å². The van der Waals surface area contributed by atoms with E-state index >= 15 is 0 Å². The second-order valence-corrected chi connectivity index (χ2v) is 6.65. The normalized spacial score (nSPS) is 14.9. The van der Waals surface area contributed by atoms with Crippen molar-refractivity contribution in [1.29, 1.82) is 0 Å². The van der Waals surface area contributed by atoms with E-state index in [1.54, 1.807) is 13.4 Å². The van der Waals surface area contributed by atoms with Gasteiger partial charge in [0.2, 0.25) is 0 Å². The molecular weight excluding hydrogens is 483 g/mol. The lowest BCUT2D eigenvalue weighted by atomic mass is 10.2. The lowest BCUT2D eigenvalue weighted by Crippen LogP contribution is -2.44. The lowest BCUT2D eigenvalue weighted by molar-refractivity contribution is 0.0389. The van der Waals surface area contributed by atoms with Gasteiger partial charge >= 0.3 is 0 Å². The van der Waals surface area contributed by atoms with Crippen LogP contribution in [0.25, 0.3) is 0 Å². The van der Waals surface area contributed by atoms with Crippen LogP contribution in [0.5, 0.6) is 5.75 Å². The minimum absolute atomic E-state index is 0. The van der Waals surface area contributed by atoms with E-state index in [0.717, 1.165) is 75.4 Å². The fraction of sp³-hybridized carbons (Fsp3) is 0.476. The third kappa shape index (κ3) is 8.63. The summed E-state index contributed by atoms with van der Waals surface area (Å²) in [4.78, 5) is 7.14. The molecule has 2 aromatic rings. The summed E-state index contributed by atoms with van der Waals surface area (Å²) >= 11 is 0. The van der Waals surface area contributed by atoms with E-state index in [4.69, 9.17) is 18.9 Å². The maximum absolute atomic E-state index is 5.40. The first-order valence-electron chi connectivity index (χ1n) is 9.81. The predicted molar refractivity (Wildman–Crippen MR) is 125 cm³/mol. The minimum Gasteiger partial charge on any atom is -0.497 e. The molecule has 0 unspecified atom stereocenters. The highest BCUT2D eigenvalue weighted by molar-refractivity contribution is 14.0. The van der Waals surface area contributed by atoms with Crippen LogP contribution in [0.3, 0.4) is 0 Å². The van der Waals surface area contributed by atoms with Gasteiger partial charge in [-0.25, -0.2) is 4.99 Å². The van der Waals surface area contributed by atoms with Crippen molar-refractivity contribution in [2.45, 2.75) is 13.0 Å². The highest BCUT2D eigenvalue weighted by Gasteiger charge is 2.10. The van der Waals surface area contributed by atoms with Crippen LogP contribution in [0.4, 0.5) is 0 Å². The fourth-order valence-corrected chi connectivity index (χ4v) is 3.03. The summed E-state index contributed by atoms with van der Waals surface area (Å²) in [7, 11) is 1.68. The Labute approximate surface area is 189 Å². The molecule has 1 aliphatic heterocycles. The monoisotopic (exact) mass is 514 g/mol. The molecule has 7 nitrogen and oxygen atoms in total. The molecule has 0 bridgehead atoms. The van der Waals surface area contributed by atoms with Crippen LogP contribution in [0, 0.1) is 0 Å². The summed E-state index contributed by atoms with van der Waals surface area (Å²) in [6, 6.07) is 11.9. The van der Waals surface area contributed by atoms with Crippen molar-refractivity contribution >= 4 is 29.9 Å². The van der Waals surface area contributed by atoms with Gasteiger partial charge in [-0.3, -0.25) is 4.90 Å². The van der Waals surface area contributed by atoms with Crippen molar-refractivity contribution in [3.63, 3.8) is 0 Å².